The van der Waals surface area contributed by atoms with Crippen LogP contribution in [0.2, 0.25) is 0 Å². The third-order valence-corrected chi connectivity index (χ3v) is 4.29. The zero-order valence-corrected chi connectivity index (χ0v) is 11.7. The van der Waals surface area contributed by atoms with Gasteiger partial charge in [-0.15, -0.1) is 10.2 Å². The van der Waals surface area contributed by atoms with E-state index < -0.39 is 0 Å². The number of hydrogen-bond donors (Lipinski definition) is 0. The molecule has 0 amide bonds. The first-order chi connectivity index (χ1) is 9.19. The Bertz CT molecular complexity index is 603. The summed E-state index contributed by atoms with van der Waals surface area (Å²) in [5.74, 6) is 1.21. The Labute approximate surface area is 115 Å². The van der Waals surface area contributed by atoms with E-state index in [0.29, 0.717) is 6.54 Å². The van der Waals surface area contributed by atoms with Crippen LogP contribution in [0.25, 0.3) is 0 Å². The van der Waals surface area contributed by atoms with Gasteiger partial charge in [0.15, 0.2) is 17.2 Å². The van der Waals surface area contributed by atoms with Gasteiger partial charge in [0.05, 0.1) is 17.1 Å². The highest BCUT2D eigenvalue weighted by atomic mass is 32.1. The summed E-state index contributed by atoms with van der Waals surface area (Å²) in [6, 6.07) is 0. The van der Waals surface area contributed by atoms with E-state index in [-0.39, 0.29) is 5.92 Å². The molecule has 2 aromatic heterocycles. The summed E-state index contributed by atoms with van der Waals surface area (Å²) in [5.41, 5.74) is 0.891. The number of thiazole rings is 1. The van der Waals surface area contributed by atoms with Gasteiger partial charge in [-0.1, -0.05) is 25.2 Å². The van der Waals surface area contributed by atoms with Gasteiger partial charge >= 0.3 is 0 Å². The molecule has 0 spiro atoms. The molecule has 100 valence electrons. The lowest BCUT2D eigenvalue weighted by Crippen LogP contribution is -2.33. The van der Waals surface area contributed by atoms with Crippen molar-refractivity contribution in [3.05, 3.63) is 22.7 Å². The second-order valence-corrected chi connectivity index (χ2v) is 5.89. The molecule has 0 unspecified atom stereocenters. The number of aldehydes is 1. The summed E-state index contributed by atoms with van der Waals surface area (Å²) in [6.45, 7) is 6.53. The van der Waals surface area contributed by atoms with E-state index in [1.807, 2.05) is 4.57 Å². The molecule has 0 fully saturated rings. The number of fused-ring (bicyclic) bond motifs is 1. The molecule has 1 aliphatic rings. The first kappa shape index (κ1) is 12.3. The third kappa shape index (κ3) is 2.14. The minimum Gasteiger partial charge on any atom is -0.339 e. The highest BCUT2D eigenvalue weighted by Crippen LogP contribution is 2.31. The smallest absolute Gasteiger partial charge is 0.186 e. The Morgan fingerprint density at radius 2 is 2.26 bits per heavy atom. The summed E-state index contributed by atoms with van der Waals surface area (Å²) in [5, 5.41) is 8.91. The molecule has 0 aromatic carbocycles. The maximum atomic E-state index is 11.1. The quantitative estimate of drug-likeness (QED) is 0.799. The van der Waals surface area contributed by atoms with Crippen LogP contribution in [0, 0.1) is 0 Å². The summed E-state index contributed by atoms with van der Waals surface area (Å²) in [6.07, 6.45) is 2.66. The van der Waals surface area contributed by atoms with Crippen LogP contribution in [0.3, 0.4) is 0 Å². The number of carbonyl (C=O) groups excluding carboxylic acids is 1. The highest BCUT2D eigenvalue weighted by molar-refractivity contribution is 7.17. The van der Waals surface area contributed by atoms with Gasteiger partial charge in [-0.25, -0.2) is 4.98 Å². The van der Waals surface area contributed by atoms with Gasteiger partial charge in [0, 0.05) is 13.1 Å². The van der Waals surface area contributed by atoms with Gasteiger partial charge < -0.3 is 9.47 Å². The molecule has 0 atom stereocenters. The Hall–Kier alpha value is -1.76. The molecule has 0 saturated heterocycles. The average Bonchev–Trinajstić information content (AvgIpc) is 3.04. The standard InChI is InChI=1S/C12H15N5OS/c1-8(2)11-9(6-18)19-12(14-11)16-3-4-17-7-13-15-10(17)5-16/h6-8H,3-5H2,1-2H3. The Morgan fingerprint density at radius 3 is 2.95 bits per heavy atom. The Balaban J connectivity index is 1.89. The average molecular weight is 277 g/mol. The molecule has 6 nitrogen and oxygen atoms in total. The molecule has 0 aliphatic carbocycles. The fourth-order valence-corrected chi connectivity index (χ4v) is 3.25. The number of hydrogen-bond acceptors (Lipinski definition) is 6. The fourth-order valence-electron chi connectivity index (χ4n) is 2.19. The molecular formula is C12H15N5OS. The number of carbonyl (C=O) groups is 1. The molecule has 0 N–H and O–H groups in total. The van der Waals surface area contributed by atoms with Crippen LogP contribution in [0.4, 0.5) is 5.13 Å². The Kier molecular flexibility index (Phi) is 3.06. The molecular weight excluding hydrogens is 262 g/mol. The van der Waals surface area contributed by atoms with E-state index >= 15 is 0 Å². The third-order valence-electron chi connectivity index (χ3n) is 3.23. The summed E-state index contributed by atoms with van der Waals surface area (Å²) in [4.78, 5) is 18.6. The summed E-state index contributed by atoms with van der Waals surface area (Å²) < 4.78 is 2.05. The number of anilines is 1. The number of aromatic nitrogens is 4. The molecule has 3 heterocycles. The van der Waals surface area contributed by atoms with Gasteiger partial charge in [0.2, 0.25) is 0 Å². The fraction of sp³-hybridized carbons (Fsp3) is 0.500. The molecule has 19 heavy (non-hydrogen) atoms. The predicted molar refractivity (Wildman–Crippen MR) is 72.7 cm³/mol. The van der Waals surface area contributed by atoms with Gasteiger partial charge in [0.25, 0.3) is 0 Å². The van der Waals surface area contributed by atoms with Gasteiger partial charge in [-0.05, 0) is 5.92 Å². The lowest BCUT2D eigenvalue weighted by molar-refractivity contribution is 0.112. The molecule has 0 bridgehead atoms. The van der Waals surface area contributed by atoms with Crippen molar-refractivity contribution in [1.82, 2.24) is 19.7 Å². The minimum absolute atomic E-state index is 0.263. The van der Waals surface area contributed by atoms with Crippen molar-refractivity contribution in [2.24, 2.45) is 0 Å². The van der Waals surface area contributed by atoms with Crippen molar-refractivity contribution >= 4 is 22.8 Å². The van der Waals surface area contributed by atoms with Crippen molar-refractivity contribution in [2.45, 2.75) is 32.9 Å². The van der Waals surface area contributed by atoms with Crippen LogP contribution >= 0.6 is 11.3 Å². The van der Waals surface area contributed by atoms with Crippen molar-refractivity contribution < 1.29 is 4.79 Å². The first-order valence-electron chi connectivity index (χ1n) is 6.26. The monoisotopic (exact) mass is 277 g/mol. The van der Waals surface area contributed by atoms with E-state index in [0.717, 1.165) is 40.9 Å². The van der Waals surface area contributed by atoms with E-state index in [2.05, 4.69) is 33.9 Å². The molecule has 3 rings (SSSR count). The highest BCUT2D eigenvalue weighted by Gasteiger charge is 2.22. The maximum absolute atomic E-state index is 11.1. The van der Waals surface area contributed by atoms with Crippen molar-refractivity contribution in [3.63, 3.8) is 0 Å². The molecule has 7 heteroatoms. The number of nitrogens with zero attached hydrogens (tertiary/aromatic N) is 5. The Morgan fingerprint density at radius 1 is 1.42 bits per heavy atom. The summed E-state index contributed by atoms with van der Waals surface area (Å²) in [7, 11) is 0. The molecule has 0 saturated carbocycles. The topological polar surface area (TPSA) is 63.9 Å². The number of rotatable bonds is 3. The van der Waals surface area contributed by atoms with Crippen LogP contribution in [-0.2, 0) is 13.1 Å². The van der Waals surface area contributed by atoms with Crippen LogP contribution in [0.5, 0.6) is 0 Å². The second kappa shape index (κ2) is 4.73. The van der Waals surface area contributed by atoms with Crippen LogP contribution in [-0.4, -0.2) is 32.6 Å². The minimum atomic E-state index is 0.263. The van der Waals surface area contributed by atoms with E-state index in [9.17, 15) is 4.79 Å². The SMILES string of the molecule is CC(C)c1nc(N2CCn3cnnc3C2)sc1C=O. The van der Waals surface area contributed by atoms with E-state index in [1.54, 1.807) is 6.33 Å². The van der Waals surface area contributed by atoms with Crippen LogP contribution in [0.1, 0.15) is 41.0 Å². The van der Waals surface area contributed by atoms with Crippen molar-refractivity contribution in [2.75, 3.05) is 11.4 Å². The molecule has 1 aliphatic heterocycles. The lowest BCUT2D eigenvalue weighted by Gasteiger charge is -2.26. The van der Waals surface area contributed by atoms with Crippen LogP contribution < -0.4 is 4.90 Å². The van der Waals surface area contributed by atoms with E-state index in [1.165, 1.54) is 11.3 Å². The van der Waals surface area contributed by atoms with Crippen molar-refractivity contribution in [1.29, 1.82) is 0 Å². The lowest BCUT2D eigenvalue weighted by atomic mass is 10.1. The van der Waals surface area contributed by atoms with E-state index in [4.69, 9.17) is 0 Å². The first-order valence-corrected chi connectivity index (χ1v) is 7.08. The van der Waals surface area contributed by atoms with Crippen molar-refractivity contribution in [3.8, 4) is 0 Å². The van der Waals surface area contributed by atoms with Gasteiger partial charge in [-0.3, -0.25) is 4.79 Å². The zero-order chi connectivity index (χ0) is 13.4. The van der Waals surface area contributed by atoms with Gasteiger partial charge in [-0.2, -0.15) is 0 Å². The molecule has 0 radical (unpaired) electrons. The van der Waals surface area contributed by atoms with Crippen LogP contribution in [0.15, 0.2) is 6.33 Å². The maximum Gasteiger partial charge on any atom is 0.186 e. The van der Waals surface area contributed by atoms with Gasteiger partial charge in [0.1, 0.15) is 6.33 Å². The largest absolute Gasteiger partial charge is 0.339 e. The molecule has 2 aromatic rings. The predicted octanol–water partition coefficient (Wildman–Crippen LogP) is 1.69. The second-order valence-electron chi connectivity index (χ2n) is 4.88. The summed E-state index contributed by atoms with van der Waals surface area (Å²) >= 11 is 1.46. The zero-order valence-electron chi connectivity index (χ0n) is 10.9. The normalized spacial score (nSPS) is 14.8.